The number of fused-ring (bicyclic) bond motifs is 1. The minimum absolute atomic E-state index is 0.0504. The molecule has 1 fully saturated rings. The second-order valence-electron chi connectivity index (χ2n) is 7.18. The summed E-state index contributed by atoms with van der Waals surface area (Å²) < 4.78 is 5.82. The first-order valence-corrected chi connectivity index (χ1v) is 9.75. The molecule has 6 heteroatoms. The highest BCUT2D eigenvalue weighted by molar-refractivity contribution is 5.82. The Morgan fingerprint density at radius 2 is 1.96 bits per heavy atom. The maximum atomic E-state index is 12.9. The lowest BCUT2D eigenvalue weighted by atomic mass is 9.93. The van der Waals surface area contributed by atoms with Gasteiger partial charge in [-0.1, -0.05) is 24.3 Å². The van der Waals surface area contributed by atoms with Crippen LogP contribution >= 0.6 is 0 Å². The van der Waals surface area contributed by atoms with Crippen LogP contribution in [0.2, 0.25) is 0 Å². The Bertz CT molecular complexity index is 696. The van der Waals surface area contributed by atoms with Crippen molar-refractivity contribution in [3.05, 3.63) is 41.6 Å². The second-order valence-corrected chi connectivity index (χ2v) is 7.18. The van der Waals surface area contributed by atoms with Gasteiger partial charge in [-0.3, -0.25) is 9.59 Å². The SMILES string of the molecule is CC(=O)N1C=Cc2ccccc2[C@H]1CC(=O)N1CCC(OCCCN)CC1. The minimum atomic E-state index is -0.241. The average molecular weight is 371 g/mol. The fraction of sp³-hybridized carbons (Fsp3) is 0.524. The molecule has 1 aromatic rings. The molecule has 0 spiro atoms. The zero-order valence-corrected chi connectivity index (χ0v) is 16.0. The fourth-order valence-electron chi connectivity index (χ4n) is 3.81. The molecule has 1 atom stereocenters. The number of likely N-dealkylation sites (tertiary alicyclic amines) is 1. The van der Waals surface area contributed by atoms with Gasteiger partial charge in [-0.15, -0.1) is 0 Å². The average Bonchev–Trinajstić information content (AvgIpc) is 2.68. The molecule has 1 aromatic carbocycles. The van der Waals surface area contributed by atoms with Gasteiger partial charge in [0.25, 0.3) is 0 Å². The molecule has 0 unspecified atom stereocenters. The molecular formula is C21H29N3O3. The van der Waals surface area contributed by atoms with Crippen LogP contribution in [0.3, 0.4) is 0 Å². The molecule has 27 heavy (non-hydrogen) atoms. The predicted molar refractivity (Wildman–Crippen MR) is 105 cm³/mol. The maximum Gasteiger partial charge on any atom is 0.225 e. The van der Waals surface area contributed by atoms with Crippen molar-refractivity contribution < 1.29 is 14.3 Å². The Labute approximate surface area is 161 Å². The first-order valence-electron chi connectivity index (χ1n) is 9.75. The van der Waals surface area contributed by atoms with E-state index < -0.39 is 0 Å². The lowest BCUT2D eigenvalue weighted by Crippen LogP contribution is -2.43. The molecule has 6 nitrogen and oxygen atoms in total. The van der Waals surface area contributed by atoms with Gasteiger partial charge in [-0.05, 0) is 43.0 Å². The quantitative estimate of drug-likeness (QED) is 0.779. The van der Waals surface area contributed by atoms with Crippen LogP contribution in [0.1, 0.15) is 49.8 Å². The number of hydrogen-bond donors (Lipinski definition) is 1. The summed E-state index contributed by atoms with van der Waals surface area (Å²) in [6.45, 7) is 4.28. The van der Waals surface area contributed by atoms with E-state index in [0.29, 0.717) is 32.7 Å². The molecule has 1 saturated heterocycles. The van der Waals surface area contributed by atoms with Crippen molar-refractivity contribution in [3.8, 4) is 0 Å². The van der Waals surface area contributed by atoms with Gasteiger partial charge in [-0.25, -0.2) is 0 Å². The second kappa shape index (κ2) is 9.15. The lowest BCUT2D eigenvalue weighted by Gasteiger charge is -2.36. The highest BCUT2D eigenvalue weighted by Crippen LogP contribution is 2.33. The first kappa shape index (κ1) is 19.6. The van der Waals surface area contributed by atoms with E-state index in [4.69, 9.17) is 10.5 Å². The monoisotopic (exact) mass is 371 g/mol. The van der Waals surface area contributed by atoms with Gasteiger partial charge in [0, 0.05) is 32.8 Å². The molecule has 0 aliphatic carbocycles. The van der Waals surface area contributed by atoms with Crippen LogP contribution in [0.4, 0.5) is 0 Å². The summed E-state index contributed by atoms with van der Waals surface area (Å²) in [5.41, 5.74) is 7.60. The van der Waals surface area contributed by atoms with Crippen LogP contribution in [0.25, 0.3) is 6.08 Å². The Hall–Kier alpha value is -2.18. The Kier molecular flexibility index (Phi) is 6.63. The molecule has 0 radical (unpaired) electrons. The Balaban J connectivity index is 1.61. The third kappa shape index (κ3) is 4.76. The highest BCUT2D eigenvalue weighted by atomic mass is 16.5. The molecule has 146 valence electrons. The third-order valence-electron chi connectivity index (χ3n) is 5.33. The molecule has 2 heterocycles. The lowest BCUT2D eigenvalue weighted by molar-refractivity contribution is -0.136. The predicted octanol–water partition coefficient (Wildman–Crippen LogP) is 2.31. The number of amides is 2. The fourth-order valence-corrected chi connectivity index (χ4v) is 3.81. The van der Waals surface area contributed by atoms with Gasteiger partial charge in [0.2, 0.25) is 11.8 Å². The van der Waals surface area contributed by atoms with Crippen molar-refractivity contribution in [2.24, 2.45) is 5.73 Å². The van der Waals surface area contributed by atoms with Crippen LogP contribution in [0.15, 0.2) is 30.5 Å². The van der Waals surface area contributed by atoms with Crippen LogP contribution in [-0.4, -0.2) is 54.0 Å². The summed E-state index contributed by atoms with van der Waals surface area (Å²) in [5, 5.41) is 0. The van der Waals surface area contributed by atoms with Crippen molar-refractivity contribution in [2.75, 3.05) is 26.2 Å². The molecule has 2 aliphatic rings. The van der Waals surface area contributed by atoms with Gasteiger partial charge in [0.15, 0.2) is 0 Å². The van der Waals surface area contributed by atoms with E-state index in [1.807, 2.05) is 35.2 Å². The van der Waals surface area contributed by atoms with E-state index in [9.17, 15) is 9.59 Å². The summed E-state index contributed by atoms with van der Waals surface area (Å²) in [4.78, 5) is 28.6. The van der Waals surface area contributed by atoms with E-state index in [1.54, 1.807) is 18.0 Å². The van der Waals surface area contributed by atoms with Crippen LogP contribution < -0.4 is 5.73 Å². The van der Waals surface area contributed by atoms with Crippen molar-refractivity contribution in [2.45, 2.75) is 44.8 Å². The van der Waals surface area contributed by atoms with Crippen molar-refractivity contribution in [3.63, 3.8) is 0 Å². The number of carbonyl (C=O) groups is 2. The number of nitrogens with two attached hydrogens (primary N) is 1. The molecule has 2 N–H and O–H groups in total. The molecular weight excluding hydrogens is 342 g/mol. The number of ether oxygens (including phenoxy) is 1. The number of hydrogen-bond acceptors (Lipinski definition) is 4. The van der Waals surface area contributed by atoms with E-state index in [1.165, 1.54) is 0 Å². The summed E-state index contributed by atoms with van der Waals surface area (Å²) in [6.07, 6.45) is 6.82. The number of carbonyl (C=O) groups excluding carboxylic acids is 2. The third-order valence-corrected chi connectivity index (χ3v) is 5.33. The largest absolute Gasteiger partial charge is 0.378 e. The summed E-state index contributed by atoms with van der Waals surface area (Å²) in [6, 6.07) is 7.71. The van der Waals surface area contributed by atoms with Crippen LogP contribution in [0, 0.1) is 0 Å². The zero-order valence-electron chi connectivity index (χ0n) is 16.0. The molecule has 2 amide bonds. The molecule has 0 bridgehead atoms. The molecule has 2 aliphatic heterocycles. The minimum Gasteiger partial charge on any atom is -0.378 e. The van der Waals surface area contributed by atoms with Crippen molar-refractivity contribution in [1.29, 1.82) is 0 Å². The standard InChI is InChI=1S/C21H29N3O3/c1-16(25)24-13-7-17-5-2-3-6-19(17)20(24)15-21(26)23-11-8-18(9-12-23)27-14-4-10-22/h2-3,5-7,13,18,20H,4,8-12,14-15,22H2,1H3/t20-/m1/s1. The zero-order chi connectivity index (χ0) is 19.2. The smallest absolute Gasteiger partial charge is 0.225 e. The highest BCUT2D eigenvalue weighted by Gasteiger charge is 2.31. The summed E-state index contributed by atoms with van der Waals surface area (Å²) in [7, 11) is 0. The van der Waals surface area contributed by atoms with Gasteiger partial charge in [0.1, 0.15) is 0 Å². The Morgan fingerprint density at radius 3 is 2.67 bits per heavy atom. The van der Waals surface area contributed by atoms with Crippen molar-refractivity contribution >= 4 is 17.9 Å². The number of piperidine rings is 1. The topological polar surface area (TPSA) is 75.9 Å². The summed E-state index contributed by atoms with van der Waals surface area (Å²) in [5.74, 6) is 0.0438. The number of rotatable bonds is 6. The van der Waals surface area contributed by atoms with Gasteiger partial charge in [0.05, 0.1) is 18.6 Å². The molecule has 3 rings (SSSR count). The van der Waals surface area contributed by atoms with E-state index >= 15 is 0 Å². The van der Waals surface area contributed by atoms with E-state index in [0.717, 1.165) is 30.4 Å². The summed E-state index contributed by atoms with van der Waals surface area (Å²) >= 11 is 0. The van der Waals surface area contributed by atoms with E-state index in [2.05, 4.69) is 0 Å². The maximum absolute atomic E-state index is 12.9. The van der Waals surface area contributed by atoms with Crippen LogP contribution in [0.5, 0.6) is 0 Å². The normalized spacial score (nSPS) is 19.9. The van der Waals surface area contributed by atoms with E-state index in [-0.39, 0.29) is 24.0 Å². The van der Waals surface area contributed by atoms with Gasteiger partial charge < -0.3 is 20.3 Å². The number of benzene rings is 1. The molecule has 0 aromatic heterocycles. The van der Waals surface area contributed by atoms with Crippen LogP contribution in [-0.2, 0) is 14.3 Å². The number of nitrogens with zero attached hydrogens (tertiary/aromatic N) is 2. The van der Waals surface area contributed by atoms with Crippen molar-refractivity contribution in [1.82, 2.24) is 9.80 Å². The molecule has 0 saturated carbocycles. The first-order chi connectivity index (χ1) is 13.1. The van der Waals surface area contributed by atoms with Gasteiger partial charge in [-0.2, -0.15) is 0 Å². The van der Waals surface area contributed by atoms with Gasteiger partial charge >= 0.3 is 0 Å². The Morgan fingerprint density at radius 1 is 1.22 bits per heavy atom.